The summed E-state index contributed by atoms with van der Waals surface area (Å²) in [5, 5.41) is 12.9. The van der Waals surface area contributed by atoms with Crippen molar-refractivity contribution in [3.63, 3.8) is 0 Å². The van der Waals surface area contributed by atoms with E-state index in [2.05, 4.69) is 15.6 Å². The van der Waals surface area contributed by atoms with Gasteiger partial charge in [-0.2, -0.15) is 0 Å². The molecule has 2 amide bonds. The van der Waals surface area contributed by atoms with Gasteiger partial charge in [0.2, 0.25) is 5.91 Å². The molecule has 0 fully saturated rings. The Morgan fingerprint density at radius 1 is 1.10 bits per heavy atom. The number of nitrogen functional groups attached to an aromatic ring is 1. The van der Waals surface area contributed by atoms with E-state index >= 15 is 0 Å². The molecule has 1 atom stereocenters. The van der Waals surface area contributed by atoms with E-state index in [-0.39, 0.29) is 17.6 Å². The summed E-state index contributed by atoms with van der Waals surface area (Å²) in [4.78, 5) is 27.8. The van der Waals surface area contributed by atoms with Crippen LogP contribution >= 0.6 is 0 Å². The first-order valence-corrected chi connectivity index (χ1v) is 9.72. The third-order valence-electron chi connectivity index (χ3n) is 4.82. The average molecular weight is 419 g/mol. The summed E-state index contributed by atoms with van der Waals surface area (Å²) in [6, 6.07) is 15.6. The Morgan fingerprint density at radius 2 is 1.77 bits per heavy atom. The number of nitrogens with two attached hydrogens (primary N) is 1. The third kappa shape index (κ3) is 5.51. The maximum Gasteiger partial charge on any atom is 0.268 e. The van der Waals surface area contributed by atoms with Crippen LogP contribution in [0.1, 0.15) is 28.5 Å². The molecule has 8 nitrogen and oxygen atoms in total. The van der Waals surface area contributed by atoms with Crippen molar-refractivity contribution in [2.45, 2.75) is 19.5 Å². The zero-order valence-electron chi connectivity index (χ0n) is 17.4. The average Bonchev–Trinajstić information content (AvgIpc) is 3.28. The van der Waals surface area contributed by atoms with Crippen LogP contribution in [0.4, 0.5) is 0 Å². The monoisotopic (exact) mass is 419 g/mol. The van der Waals surface area contributed by atoms with Crippen LogP contribution in [-0.4, -0.2) is 35.8 Å². The molecule has 0 radical (unpaired) electrons. The van der Waals surface area contributed by atoms with Crippen LogP contribution in [0.2, 0.25) is 0 Å². The van der Waals surface area contributed by atoms with Gasteiger partial charge in [-0.3, -0.25) is 15.0 Å². The lowest BCUT2D eigenvalue weighted by Crippen LogP contribution is -2.44. The van der Waals surface area contributed by atoms with E-state index in [0.29, 0.717) is 17.8 Å². The van der Waals surface area contributed by atoms with Crippen molar-refractivity contribution in [3.8, 4) is 16.9 Å². The third-order valence-corrected chi connectivity index (χ3v) is 4.82. The number of amidine groups is 1. The van der Waals surface area contributed by atoms with Gasteiger partial charge in [0, 0.05) is 18.3 Å². The number of methoxy groups -OCH3 is 1. The van der Waals surface area contributed by atoms with Gasteiger partial charge in [0.05, 0.1) is 7.11 Å². The molecule has 0 aliphatic heterocycles. The van der Waals surface area contributed by atoms with Gasteiger partial charge in [-0.05, 0) is 41.8 Å². The number of hydrogen-bond acceptors (Lipinski definition) is 4. The molecule has 8 heteroatoms. The van der Waals surface area contributed by atoms with E-state index in [0.717, 1.165) is 22.4 Å². The molecule has 31 heavy (non-hydrogen) atoms. The summed E-state index contributed by atoms with van der Waals surface area (Å²) >= 11 is 0. The molecule has 3 rings (SSSR count). The molecule has 1 aromatic heterocycles. The summed E-state index contributed by atoms with van der Waals surface area (Å²) in [6.07, 6.45) is 1.74. The van der Waals surface area contributed by atoms with Gasteiger partial charge in [0.1, 0.15) is 23.3 Å². The fourth-order valence-electron chi connectivity index (χ4n) is 2.96. The number of ether oxygens (including phenoxy) is 1. The highest BCUT2D eigenvalue weighted by Crippen LogP contribution is 2.23. The Balaban J connectivity index is 1.54. The Hall–Kier alpha value is -4.07. The molecule has 1 heterocycles. The van der Waals surface area contributed by atoms with E-state index in [4.69, 9.17) is 15.9 Å². The topological polar surface area (TPSA) is 133 Å². The number of aromatic amines is 1. The lowest BCUT2D eigenvalue weighted by molar-refractivity contribution is -0.122. The zero-order chi connectivity index (χ0) is 22.4. The van der Waals surface area contributed by atoms with Crippen molar-refractivity contribution in [3.05, 3.63) is 77.6 Å². The van der Waals surface area contributed by atoms with Crippen molar-refractivity contribution < 1.29 is 14.3 Å². The maximum absolute atomic E-state index is 12.5. The highest BCUT2D eigenvalue weighted by molar-refractivity contribution is 5.97. The van der Waals surface area contributed by atoms with Crippen LogP contribution < -0.4 is 21.1 Å². The molecule has 1 unspecified atom stereocenters. The second-order valence-corrected chi connectivity index (χ2v) is 7.05. The Labute approximate surface area is 180 Å². The number of benzene rings is 2. The van der Waals surface area contributed by atoms with Crippen molar-refractivity contribution in [2.75, 3.05) is 7.11 Å². The smallest absolute Gasteiger partial charge is 0.268 e. The minimum atomic E-state index is -0.711. The maximum atomic E-state index is 12.5. The van der Waals surface area contributed by atoms with Crippen LogP contribution in [-0.2, 0) is 11.3 Å². The summed E-state index contributed by atoms with van der Waals surface area (Å²) in [5.41, 5.74) is 9.09. The van der Waals surface area contributed by atoms with Gasteiger partial charge in [-0.15, -0.1) is 0 Å². The number of H-pyrrole nitrogens is 1. The quantitative estimate of drug-likeness (QED) is 0.283. The second kappa shape index (κ2) is 9.62. The number of rotatable bonds is 8. The normalized spacial score (nSPS) is 11.4. The summed E-state index contributed by atoms with van der Waals surface area (Å²) < 4.78 is 5.15. The largest absolute Gasteiger partial charge is 0.497 e. The highest BCUT2D eigenvalue weighted by Gasteiger charge is 2.18. The molecule has 160 valence electrons. The predicted octanol–water partition coefficient (Wildman–Crippen LogP) is 2.41. The Morgan fingerprint density at radius 3 is 2.39 bits per heavy atom. The lowest BCUT2D eigenvalue weighted by Gasteiger charge is -2.14. The van der Waals surface area contributed by atoms with E-state index in [9.17, 15) is 9.59 Å². The van der Waals surface area contributed by atoms with Gasteiger partial charge in [0.25, 0.3) is 5.91 Å². The molecule has 0 spiro atoms. The molecule has 2 aromatic carbocycles. The predicted molar refractivity (Wildman–Crippen MR) is 119 cm³/mol. The van der Waals surface area contributed by atoms with Gasteiger partial charge in [-0.25, -0.2) is 0 Å². The van der Waals surface area contributed by atoms with Gasteiger partial charge in [0.15, 0.2) is 0 Å². The van der Waals surface area contributed by atoms with Gasteiger partial charge >= 0.3 is 0 Å². The van der Waals surface area contributed by atoms with E-state index in [1.165, 1.54) is 0 Å². The fourth-order valence-corrected chi connectivity index (χ4v) is 2.96. The number of aromatic nitrogens is 1. The van der Waals surface area contributed by atoms with Crippen molar-refractivity contribution in [1.82, 2.24) is 15.6 Å². The highest BCUT2D eigenvalue weighted by atomic mass is 16.5. The summed E-state index contributed by atoms with van der Waals surface area (Å²) in [6.45, 7) is 1.93. The molecule has 0 bridgehead atoms. The molecule has 0 saturated carbocycles. The molecular weight excluding hydrogens is 394 g/mol. The minimum Gasteiger partial charge on any atom is -0.497 e. The molecule has 0 aliphatic rings. The van der Waals surface area contributed by atoms with Crippen LogP contribution in [0, 0.1) is 5.41 Å². The summed E-state index contributed by atoms with van der Waals surface area (Å²) in [5.74, 6) is 0.0809. The van der Waals surface area contributed by atoms with Gasteiger partial charge < -0.3 is 26.1 Å². The molecule has 3 aromatic rings. The minimum absolute atomic E-state index is 0.00798. The molecule has 0 saturated heterocycles. The Kier molecular flexibility index (Phi) is 6.71. The first-order chi connectivity index (χ1) is 14.9. The standard InChI is InChI=1S/C23H25N5O3/c1-14(22(29)27-12-15-3-5-17(6-4-15)21(24)25)28-23(30)20-11-18(13-26-20)16-7-9-19(31-2)10-8-16/h3-11,13-14,26H,12H2,1-2H3,(H3,24,25)(H,27,29)(H,28,30). The van der Waals surface area contributed by atoms with E-state index < -0.39 is 6.04 Å². The van der Waals surface area contributed by atoms with Gasteiger partial charge in [-0.1, -0.05) is 36.4 Å². The first kappa shape index (κ1) is 21.6. The van der Waals surface area contributed by atoms with Crippen molar-refractivity contribution in [2.24, 2.45) is 5.73 Å². The second-order valence-electron chi connectivity index (χ2n) is 7.05. The Bertz CT molecular complexity index is 1070. The van der Waals surface area contributed by atoms with Crippen LogP contribution in [0.5, 0.6) is 5.75 Å². The lowest BCUT2D eigenvalue weighted by atomic mass is 10.1. The number of amides is 2. The van der Waals surface area contributed by atoms with Crippen LogP contribution in [0.3, 0.4) is 0 Å². The fraction of sp³-hybridized carbons (Fsp3) is 0.174. The van der Waals surface area contributed by atoms with Crippen molar-refractivity contribution in [1.29, 1.82) is 5.41 Å². The molecular formula is C23H25N5O3. The number of nitrogens with one attached hydrogen (secondary N) is 4. The number of carbonyl (C=O) groups excluding carboxylic acids is 2. The number of hydrogen-bond donors (Lipinski definition) is 5. The molecule has 6 N–H and O–H groups in total. The van der Waals surface area contributed by atoms with Crippen molar-refractivity contribution >= 4 is 17.6 Å². The van der Waals surface area contributed by atoms with E-state index in [1.807, 2.05) is 24.3 Å². The van der Waals surface area contributed by atoms with Crippen LogP contribution in [0.25, 0.3) is 11.1 Å². The molecule has 0 aliphatic carbocycles. The first-order valence-electron chi connectivity index (χ1n) is 9.72. The zero-order valence-corrected chi connectivity index (χ0v) is 17.4. The summed E-state index contributed by atoms with van der Waals surface area (Å²) in [7, 11) is 1.61. The number of carbonyl (C=O) groups is 2. The van der Waals surface area contributed by atoms with Crippen LogP contribution in [0.15, 0.2) is 60.8 Å². The SMILES string of the molecule is COc1ccc(-c2c[nH]c(C(=O)NC(C)C(=O)NCc3ccc(C(=N)N)cc3)c2)cc1. The van der Waals surface area contributed by atoms with E-state index in [1.54, 1.807) is 50.6 Å².